The molecule has 1 aromatic heterocycles. The molecule has 1 saturated heterocycles. The second-order valence-corrected chi connectivity index (χ2v) is 9.21. The summed E-state index contributed by atoms with van der Waals surface area (Å²) in [5.41, 5.74) is 0.882. The summed E-state index contributed by atoms with van der Waals surface area (Å²) >= 11 is 1.54. The third kappa shape index (κ3) is 3.02. The first-order valence-corrected chi connectivity index (χ1v) is 10.5. The minimum atomic E-state index is -4.23. The van der Waals surface area contributed by atoms with E-state index in [-0.39, 0.29) is 19.0 Å². The van der Waals surface area contributed by atoms with Crippen LogP contribution in [0.4, 0.5) is 8.78 Å². The van der Waals surface area contributed by atoms with Gasteiger partial charge in [-0.1, -0.05) is 18.2 Å². The van der Waals surface area contributed by atoms with Crippen molar-refractivity contribution in [2.45, 2.75) is 23.7 Å². The van der Waals surface area contributed by atoms with E-state index < -0.39 is 26.6 Å². The number of fused-ring (bicyclic) bond motifs is 1. The number of nitrogens with zero attached hydrogens (tertiary/aromatic N) is 2. The molecule has 4 rings (SSSR count). The maximum Gasteiger partial charge on any atom is 0.248 e. The van der Waals surface area contributed by atoms with Crippen LogP contribution in [-0.2, 0) is 10.0 Å². The third-order valence-corrected chi connectivity index (χ3v) is 7.68. The molecule has 0 N–H and O–H groups in total. The van der Waals surface area contributed by atoms with Gasteiger partial charge in [-0.3, -0.25) is 0 Å². The van der Waals surface area contributed by atoms with Crippen LogP contribution < -0.4 is 0 Å². The van der Waals surface area contributed by atoms with Crippen LogP contribution in [0.15, 0.2) is 47.4 Å². The number of halogens is 2. The molecule has 3 aromatic rings. The quantitative estimate of drug-likeness (QED) is 0.671. The summed E-state index contributed by atoms with van der Waals surface area (Å²) in [6.45, 7) is 0.424. The molecule has 0 saturated carbocycles. The second-order valence-electron chi connectivity index (χ2n) is 6.27. The number of benzene rings is 2. The molecule has 0 spiro atoms. The fourth-order valence-electron chi connectivity index (χ4n) is 3.29. The molecule has 4 nitrogen and oxygen atoms in total. The number of aromatic nitrogens is 1. The van der Waals surface area contributed by atoms with Gasteiger partial charge in [-0.05, 0) is 37.1 Å². The Hall–Kier alpha value is -1.90. The molecule has 0 bridgehead atoms. The van der Waals surface area contributed by atoms with Crippen molar-refractivity contribution in [1.29, 1.82) is 0 Å². The highest BCUT2D eigenvalue weighted by Gasteiger charge is 2.35. The predicted octanol–water partition coefficient (Wildman–Crippen LogP) is 4.14. The molecule has 0 amide bonds. The van der Waals surface area contributed by atoms with Crippen molar-refractivity contribution in [3.8, 4) is 0 Å². The minimum absolute atomic E-state index is 0.0780. The summed E-state index contributed by atoms with van der Waals surface area (Å²) in [5.74, 6) is -2.20. The normalized spacial score (nSPS) is 19.1. The van der Waals surface area contributed by atoms with Crippen molar-refractivity contribution in [2.24, 2.45) is 0 Å². The molecule has 1 aliphatic heterocycles. The van der Waals surface area contributed by atoms with Crippen LogP contribution in [0.2, 0.25) is 0 Å². The van der Waals surface area contributed by atoms with Gasteiger partial charge >= 0.3 is 0 Å². The van der Waals surface area contributed by atoms with Crippen LogP contribution in [0.1, 0.15) is 23.8 Å². The molecule has 1 fully saturated rings. The van der Waals surface area contributed by atoms with Gasteiger partial charge in [0.2, 0.25) is 10.0 Å². The summed E-state index contributed by atoms with van der Waals surface area (Å²) in [5, 5.41) is 0.861. The molecule has 1 aliphatic rings. The van der Waals surface area contributed by atoms with Crippen LogP contribution >= 0.6 is 11.3 Å². The Labute approximate surface area is 154 Å². The number of para-hydroxylation sites is 1. The van der Waals surface area contributed by atoms with E-state index in [4.69, 9.17) is 0 Å². The molecular formula is C18H16F2N2O2S2. The number of thiazole rings is 1. The van der Waals surface area contributed by atoms with Crippen LogP contribution in [0.3, 0.4) is 0 Å². The highest BCUT2D eigenvalue weighted by Crippen LogP contribution is 2.35. The Balaban J connectivity index is 1.66. The molecule has 2 heterocycles. The van der Waals surface area contributed by atoms with Gasteiger partial charge in [-0.2, -0.15) is 4.31 Å². The lowest BCUT2D eigenvalue weighted by molar-refractivity contribution is 0.312. The van der Waals surface area contributed by atoms with E-state index in [1.807, 2.05) is 24.3 Å². The fraction of sp³-hybridized carbons (Fsp3) is 0.278. The van der Waals surface area contributed by atoms with E-state index in [0.717, 1.165) is 39.8 Å². The molecule has 2 aromatic carbocycles. The van der Waals surface area contributed by atoms with Crippen molar-refractivity contribution in [3.05, 3.63) is 59.1 Å². The highest BCUT2D eigenvalue weighted by atomic mass is 32.2. The average Bonchev–Trinajstić information content (AvgIpc) is 3.06. The number of hydrogen-bond acceptors (Lipinski definition) is 4. The zero-order valence-electron chi connectivity index (χ0n) is 13.7. The topological polar surface area (TPSA) is 50.3 Å². The molecule has 0 radical (unpaired) electrons. The predicted molar refractivity (Wildman–Crippen MR) is 96.7 cm³/mol. The molecule has 136 valence electrons. The van der Waals surface area contributed by atoms with E-state index in [1.54, 1.807) is 0 Å². The van der Waals surface area contributed by atoms with Crippen molar-refractivity contribution in [1.82, 2.24) is 9.29 Å². The van der Waals surface area contributed by atoms with Crippen LogP contribution in [-0.4, -0.2) is 30.8 Å². The number of piperidine rings is 1. The Bertz CT molecular complexity index is 1010. The summed E-state index contributed by atoms with van der Waals surface area (Å²) in [6, 6.07) is 10.8. The van der Waals surface area contributed by atoms with Gasteiger partial charge in [0.05, 0.1) is 15.2 Å². The van der Waals surface area contributed by atoms with Gasteiger partial charge in [0.15, 0.2) is 4.90 Å². The monoisotopic (exact) mass is 394 g/mol. The molecule has 1 atom stereocenters. The Morgan fingerprint density at radius 1 is 1.08 bits per heavy atom. The number of sulfonamides is 1. The van der Waals surface area contributed by atoms with Crippen molar-refractivity contribution < 1.29 is 17.2 Å². The second kappa shape index (κ2) is 6.68. The first-order valence-electron chi connectivity index (χ1n) is 8.26. The van der Waals surface area contributed by atoms with E-state index in [2.05, 4.69) is 4.98 Å². The van der Waals surface area contributed by atoms with Crippen LogP contribution in [0.5, 0.6) is 0 Å². The smallest absolute Gasteiger partial charge is 0.241 e. The van der Waals surface area contributed by atoms with Gasteiger partial charge in [-0.25, -0.2) is 22.2 Å². The zero-order chi connectivity index (χ0) is 18.3. The largest absolute Gasteiger partial charge is 0.248 e. The summed E-state index contributed by atoms with van der Waals surface area (Å²) in [7, 11) is -4.23. The number of hydrogen-bond donors (Lipinski definition) is 0. The molecule has 8 heteroatoms. The minimum Gasteiger partial charge on any atom is -0.241 e. The summed E-state index contributed by atoms with van der Waals surface area (Å²) in [6.07, 6.45) is 1.42. The van der Waals surface area contributed by atoms with Gasteiger partial charge in [0, 0.05) is 19.0 Å². The SMILES string of the molecule is O=S(=O)(c1c(F)cccc1F)N1CCC[C@H](c2nc3ccccc3s2)C1. The van der Waals surface area contributed by atoms with Gasteiger partial charge in [0.25, 0.3) is 0 Å². The van der Waals surface area contributed by atoms with Gasteiger partial charge in [-0.15, -0.1) is 11.3 Å². The van der Waals surface area contributed by atoms with E-state index in [1.165, 1.54) is 15.6 Å². The maximum absolute atomic E-state index is 14.0. The summed E-state index contributed by atoms with van der Waals surface area (Å²) in [4.78, 5) is 3.74. The molecule has 0 unspecified atom stereocenters. The molecule has 0 aliphatic carbocycles. The Morgan fingerprint density at radius 3 is 2.54 bits per heavy atom. The molecular weight excluding hydrogens is 378 g/mol. The zero-order valence-corrected chi connectivity index (χ0v) is 15.4. The lowest BCUT2D eigenvalue weighted by Gasteiger charge is -2.31. The highest BCUT2D eigenvalue weighted by molar-refractivity contribution is 7.89. The van der Waals surface area contributed by atoms with Gasteiger partial charge < -0.3 is 0 Å². The lowest BCUT2D eigenvalue weighted by Crippen LogP contribution is -2.39. The summed E-state index contributed by atoms with van der Waals surface area (Å²) < 4.78 is 55.8. The maximum atomic E-state index is 14.0. The Morgan fingerprint density at radius 2 is 1.81 bits per heavy atom. The third-order valence-electron chi connectivity index (χ3n) is 4.56. The van der Waals surface area contributed by atoms with Crippen LogP contribution in [0.25, 0.3) is 10.2 Å². The standard InChI is InChI=1S/C18H16F2N2O2S2/c19-13-6-3-7-14(20)17(13)26(23,24)22-10-4-5-12(11-22)18-21-15-8-1-2-9-16(15)25-18/h1-3,6-9,12H,4-5,10-11H2/t12-/m0/s1. The van der Waals surface area contributed by atoms with Crippen molar-refractivity contribution in [3.63, 3.8) is 0 Å². The van der Waals surface area contributed by atoms with Crippen molar-refractivity contribution >= 4 is 31.6 Å². The van der Waals surface area contributed by atoms with Crippen LogP contribution in [0, 0.1) is 11.6 Å². The first kappa shape index (κ1) is 17.5. The molecule has 26 heavy (non-hydrogen) atoms. The average molecular weight is 394 g/mol. The van der Waals surface area contributed by atoms with E-state index >= 15 is 0 Å². The van der Waals surface area contributed by atoms with E-state index in [0.29, 0.717) is 6.42 Å². The van der Waals surface area contributed by atoms with Crippen molar-refractivity contribution in [2.75, 3.05) is 13.1 Å². The number of rotatable bonds is 3. The first-order chi connectivity index (χ1) is 12.5. The van der Waals surface area contributed by atoms with Gasteiger partial charge in [0.1, 0.15) is 11.6 Å². The lowest BCUT2D eigenvalue weighted by atomic mass is 10.0. The van der Waals surface area contributed by atoms with E-state index in [9.17, 15) is 17.2 Å². The Kier molecular flexibility index (Phi) is 4.50. The fourth-order valence-corrected chi connectivity index (χ4v) is 6.01.